The van der Waals surface area contributed by atoms with Crippen LogP contribution < -0.4 is 0 Å². The first-order chi connectivity index (χ1) is 9.71. The summed E-state index contributed by atoms with van der Waals surface area (Å²) in [6.45, 7) is 3.60. The molecule has 20 heavy (non-hydrogen) atoms. The summed E-state index contributed by atoms with van der Waals surface area (Å²) < 4.78 is 0. The van der Waals surface area contributed by atoms with Crippen LogP contribution in [0.1, 0.15) is 11.1 Å². The summed E-state index contributed by atoms with van der Waals surface area (Å²) >= 11 is 0. The molecule has 0 aliphatic carbocycles. The first-order valence-electron chi connectivity index (χ1n) is 5.73. The Labute approximate surface area is 117 Å². The maximum Gasteiger partial charge on any atom is 0.151 e. The van der Waals surface area contributed by atoms with Crippen LogP contribution in [0.4, 0.5) is 0 Å². The van der Waals surface area contributed by atoms with Gasteiger partial charge in [0.1, 0.15) is 0 Å². The Kier molecular flexibility index (Phi) is 5.90. The van der Waals surface area contributed by atoms with Crippen molar-refractivity contribution in [3.05, 3.63) is 71.8 Å². The summed E-state index contributed by atoms with van der Waals surface area (Å²) in [5, 5.41) is 24.9. The van der Waals surface area contributed by atoms with Gasteiger partial charge in [-0.2, -0.15) is 10.5 Å². The predicted molar refractivity (Wildman–Crippen MR) is 79.5 cm³/mol. The van der Waals surface area contributed by atoms with Crippen molar-refractivity contribution >= 4 is 12.1 Å². The number of nitriles is 2. The van der Waals surface area contributed by atoms with Crippen molar-refractivity contribution < 1.29 is 0 Å². The lowest BCUT2D eigenvalue weighted by Gasteiger charge is -1.97. The minimum Gasteiger partial charge on any atom is -0.282 e. The third-order valence-electron chi connectivity index (χ3n) is 2.32. The van der Waals surface area contributed by atoms with Crippen molar-refractivity contribution in [3.63, 3.8) is 0 Å². The van der Waals surface area contributed by atoms with E-state index in [9.17, 15) is 0 Å². The first kappa shape index (κ1) is 14.8. The van der Waals surface area contributed by atoms with E-state index in [-0.39, 0.29) is 5.84 Å². The van der Waals surface area contributed by atoms with Gasteiger partial charge in [0.15, 0.2) is 5.84 Å². The van der Waals surface area contributed by atoms with Gasteiger partial charge in [0, 0.05) is 17.9 Å². The van der Waals surface area contributed by atoms with Crippen molar-refractivity contribution in [2.24, 2.45) is 4.99 Å². The molecule has 0 saturated carbocycles. The molecule has 0 aliphatic heterocycles. The zero-order valence-electron chi connectivity index (χ0n) is 10.7. The number of allylic oxidation sites excluding steroid dienone is 3. The predicted octanol–water partition coefficient (Wildman–Crippen LogP) is 3.15. The van der Waals surface area contributed by atoms with Crippen molar-refractivity contribution in [2.75, 3.05) is 0 Å². The summed E-state index contributed by atoms with van der Waals surface area (Å²) in [6, 6.07) is 10.8. The monoisotopic (exact) mass is 260 g/mol. The minimum atomic E-state index is 0.0481. The number of benzene rings is 1. The van der Waals surface area contributed by atoms with Gasteiger partial charge in [-0.1, -0.05) is 36.9 Å². The summed E-state index contributed by atoms with van der Waals surface area (Å²) in [5.41, 5.74) is 1.89. The molecule has 1 N–H and O–H groups in total. The highest BCUT2D eigenvalue weighted by Crippen LogP contribution is 2.03. The van der Waals surface area contributed by atoms with Gasteiger partial charge in [0.25, 0.3) is 0 Å². The molecule has 1 rings (SSSR count). The lowest BCUT2D eigenvalue weighted by atomic mass is 10.1. The maximum absolute atomic E-state index is 8.69. The third-order valence-corrected chi connectivity index (χ3v) is 2.32. The van der Waals surface area contributed by atoms with Crippen molar-refractivity contribution in [1.29, 1.82) is 15.9 Å². The highest BCUT2D eigenvalue weighted by Gasteiger charge is 1.97. The molecule has 4 heteroatoms. The molecule has 0 unspecified atom stereocenters. The SMILES string of the molecule is C=C/C(=C\C=C\C#N)C(=N)/N=C/c1ccc(C#N)cc1. The largest absolute Gasteiger partial charge is 0.282 e. The Balaban J connectivity index is 2.83. The Morgan fingerprint density at radius 2 is 1.95 bits per heavy atom. The van der Waals surface area contributed by atoms with E-state index in [2.05, 4.69) is 11.6 Å². The molecule has 0 spiro atoms. The molecule has 0 bridgehead atoms. The van der Waals surface area contributed by atoms with Crippen LogP contribution in [0.5, 0.6) is 0 Å². The normalized spacial score (nSPS) is 11.2. The molecule has 0 radical (unpaired) electrons. The van der Waals surface area contributed by atoms with E-state index in [1.54, 1.807) is 30.3 Å². The van der Waals surface area contributed by atoms with E-state index < -0.39 is 0 Å². The van der Waals surface area contributed by atoms with Gasteiger partial charge < -0.3 is 0 Å². The average Bonchev–Trinajstić information content (AvgIpc) is 2.50. The highest BCUT2D eigenvalue weighted by molar-refractivity contribution is 6.04. The molecule has 0 aromatic heterocycles. The van der Waals surface area contributed by atoms with E-state index in [4.69, 9.17) is 15.9 Å². The van der Waals surface area contributed by atoms with Crippen LogP contribution in [-0.4, -0.2) is 12.1 Å². The van der Waals surface area contributed by atoms with Gasteiger partial charge in [-0.05, 0) is 17.7 Å². The zero-order valence-corrected chi connectivity index (χ0v) is 10.7. The van der Waals surface area contributed by atoms with Gasteiger partial charge in [0.2, 0.25) is 0 Å². The highest BCUT2D eigenvalue weighted by atomic mass is 14.8. The van der Waals surface area contributed by atoms with Crippen LogP contribution >= 0.6 is 0 Å². The average molecular weight is 260 g/mol. The van der Waals surface area contributed by atoms with Gasteiger partial charge >= 0.3 is 0 Å². The lowest BCUT2D eigenvalue weighted by Crippen LogP contribution is -1.96. The summed E-state index contributed by atoms with van der Waals surface area (Å²) in [5.74, 6) is 0.0481. The second kappa shape index (κ2) is 7.97. The fourth-order valence-corrected chi connectivity index (χ4v) is 1.30. The summed E-state index contributed by atoms with van der Waals surface area (Å²) in [4.78, 5) is 4.02. The van der Waals surface area contributed by atoms with Gasteiger partial charge in [-0.3, -0.25) is 5.41 Å². The Morgan fingerprint density at radius 3 is 2.50 bits per heavy atom. The number of hydrogen-bond donors (Lipinski definition) is 1. The minimum absolute atomic E-state index is 0.0481. The molecular weight excluding hydrogens is 248 g/mol. The van der Waals surface area contributed by atoms with Crippen LogP contribution in [0.15, 0.2) is 65.7 Å². The number of rotatable bonds is 4. The van der Waals surface area contributed by atoms with Crippen molar-refractivity contribution in [1.82, 2.24) is 0 Å². The second-order valence-corrected chi connectivity index (χ2v) is 3.65. The van der Waals surface area contributed by atoms with Crippen LogP contribution in [0.3, 0.4) is 0 Å². The maximum atomic E-state index is 8.69. The van der Waals surface area contributed by atoms with Crippen LogP contribution in [0.2, 0.25) is 0 Å². The second-order valence-electron chi connectivity index (χ2n) is 3.65. The van der Waals surface area contributed by atoms with E-state index in [0.717, 1.165) is 5.56 Å². The number of aliphatic imine (C=N–C) groups is 1. The fraction of sp³-hybridized carbons (Fsp3) is 0. The van der Waals surface area contributed by atoms with Crippen LogP contribution in [0, 0.1) is 28.1 Å². The molecule has 1 aromatic rings. The topological polar surface area (TPSA) is 83.8 Å². The van der Waals surface area contributed by atoms with Gasteiger partial charge in [0.05, 0.1) is 17.7 Å². The number of amidine groups is 1. The van der Waals surface area contributed by atoms with E-state index in [1.807, 2.05) is 12.1 Å². The molecule has 1 aromatic carbocycles. The fourth-order valence-electron chi connectivity index (χ4n) is 1.30. The molecule has 0 amide bonds. The number of nitrogens with one attached hydrogen (secondary N) is 1. The first-order valence-corrected chi connectivity index (χ1v) is 5.73. The van der Waals surface area contributed by atoms with E-state index in [0.29, 0.717) is 11.1 Å². The molecule has 0 saturated heterocycles. The molecular formula is C16H12N4. The Morgan fingerprint density at radius 1 is 1.25 bits per heavy atom. The zero-order chi connectivity index (χ0) is 14.8. The van der Waals surface area contributed by atoms with Gasteiger partial charge in [-0.25, -0.2) is 4.99 Å². The quantitative estimate of drug-likeness (QED) is 0.390. The lowest BCUT2D eigenvalue weighted by molar-refractivity contribution is 1.43. The third kappa shape index (κ3) is 4.56. The molecule has 0 aliphatic rings. The van der Waals surface area contributed by atoms with Gasteiger partial charge in [-0.15, -0.1) is 0 Å². The smallest absolute Gasteiger partial charge is 0.151 e. The standard InChI is InChI=1S/C16H12N4/c1-2-15(5-3-4-10-17)16(19)20-12-14-8-6-13(11-18)7-9-14/h2-9,12,19H,1H2/b4-3+,15-5+,19-16?,20-12+. The molecule has 96 valence electrons. The van der Waals surface area contributed by atoms with E-state index in [1.165, 1.54) is 24.4 Å². The number of nitrogens with zero attached hydrogens (tertiary/aromatic N) is 3. The Hall–Kier alpha value is -3.24. The summed E-state index contributed by atoms with van der Waals surface area (Å²) in [6.07, 6.45) is 7.47. The molecule has 0 atom stereocenters. The molecule has 4 nitrogen and oxygen atoms in total. The van der Waals surface area contributed by atoms with Crippen LogP contribution in [0.25, 0.3) is 0 Å². The Bertz CT molecular complexity index is 662. The van der Waals surface area contributed by atoms with Crippen molar-refractivity contribution in [3.8, 4) is 12.1 Å². The van der Waals surface area contributed by atoms with Crippen molar-refractivity contribution in [2.45, 2.75) is 0 Å². The molecule has 0 fully saturated rings. The number of hydrogen-bond acceptors (Lipinski definition) is 3. The molecule has 0 heterocycles. The van der Waals surface area contributed by atoms with E-state index >= 15 is 0 Å². The van der Waals surface area contributed by atoms with Crippen LogP contribution in [-0.2, 0) is 0 Å². The summed E-state index contributed by atoms with van der Waals surface area (Å²) in [7, 11) is 0.